The van der Waals surface area contributed by atoms with Crippen molar-refractivity contribution in [2.75, 3.05) is 32.7 Å². The lowest BCUT2D eigenvalue weighted by atomic mass is 9.96. The summed E-state index contributed by atoms with van der Waals surface area (Å²) in [7, 11) is 0. The average molecular weight is 1160 g/mol. The fourth-order valence-corrected chi connectivity index (χ4v) is 7.93. The van der Waals surface area contributed by atoms with Gasteiger partial charge in [-0.15, -0.1) is 0 Å². The maximum Gasteiger partial charge on any atom is 0.323 e. The summed E-state index contributed by atoms with van der Waals surface area (Å²) in [6, 6.07) is -2.80. The molecule has 2 aromatic rings. The van der Waals surface area contributed by atoms with Gasteiger partial charge in [-0.2, -0.15) is 0 Å². The molecular weight excluding hydrogens is 1070 g/mol. The van der Waals surface area contributed by atoms with Gasteiger partial charge in [0.05, 0.1) is 31.1 Å². The molecule has 0 aliphatic heterocycles. The van der Waals surface area contributed by atoms with Gasteiger partial charge in [-0.05, 0) is 64.4 Å². The number of hydrogen-bond acceptors (Lipinski definition) is 16. The number of aromatic nitrogens is 2. The molecule has 31 heteroatoms. The molecule has 0 spiro atoms. The van der Waals surface area contributed by atoms with Crippen molar-refractivity contribution in [3.05, 3.63) is 54.1 Å². The number of carboxylic acids is 1. The van der Waals surface area contributed by atoms with Gasteiger partial charge in [0.25, 0.3) is 0 Å². The van der Waals surface area contributed by atoms with Crippen molar-refractivity contribution in [2.45, 2.75) is 153 Å². The van der Waals surface area contributed by atoms with Crippen molar-refractivity contribution in [3.8, 4) is 0 Å². The number of guanidine groups is 2. The van der Waals surface area contributed by atoms with Crippen LogP contribution in [0.5, 0.6) is 0 Å². The molecule has 0 saturated heterocycles. The Morgan fingerprint density at radius 3 is 1.73 bits per heavy atom. The number of hydrogen-bond donors (Lipinski definition) is 17. The minimum absolute atomic E-state index is 0.0407. The number of aliphatic imine (C=N–C) groups is 2. The Morgan fingerprint density at radius 2 is 1.18 bits per heavy atom. The van der Waals surface area contributed by atoms with Gasteiger partial charge in [0, 0.05) is 44.4 Å². The van der Waals surface area contributed by atoms with Crippen LogP contribution in [-0.2, 0) is 60.8 Å². The van der Waals surface area contributed by atoms with E-state index in [1.165, 1.54) is 19.4 Å². The van der Waals surface area contributed by atoms with Gasteiger partial charge < -0.3 is 96.4 Å². The number of amides is 9. The fraction of sp³-hybridized carbons (Fsp3) is 0.588. The highest BCUT2D eigenvalue weighted by Gasteiger charge is 2.37. The summed E-state index contributed by atoms with van der Waals surface area (Å²) in [5.74, 6) is -10.2. The molecule has 1 aromatic heterocycles. The predicted octanol–water partition coefficient (Wildman–Crippen LogP) is -5.71. The van der Waals surface area contributed by atoms with Crippen LogP contribution in [0.2, 0.25) is 0 Å². The molecular formula is C51H84N18O13. The largest absolute Gasteiger partial charge is 0.480 e. The van der Waals surface area contributed by atoms with Crippen molar-refractivity contribution < 1.29 is 63.3 Å². The van der Waals surface area contributed by atoms with Crippen molar-refractivity contribution in [1.29, 1.82) is 0 Å². The van der Waals surface area contributed by atoms with Gasteiger partial charge in [0.15, 0.2) is 11.9 Å². The highest BCUT2D eigenvalue weighted by atomic mass is 16.4. The first-order valence-electron chi connectivity index (χ1n) is 26.8. The number of nitrogens with zero attached hydrogens (tertiary/aromatic N) is 4. The van der Waals surface area contributed by atoms with E-state index in [1.807, 2.05) is 0 Å². The van der Waals surface area contributed by atoms with Crippen LogP contribution in [0.4, 0.5) is 0 Å². The number of benzene rings is 1. The van der Waals surface area contributed by atoms with Gasteiger partial charge in [0.2, 0.25) is 53.2 Å². The van der Waals surface area contributed by atoms with Crippen molar-refractivity contribution in [1.82, 2.24) is 57.4 Å². The third-order valence-electron chi connectivity index (χ3n) is 12.6. The Labute approximate surface area is 475 Å². The molecule has 0 aliphatic rings. The molecule has 456 valence electrons. The Hall–Kier alpha value is -8.45. The number of nitrogens with two attached hydrogens (primary N) is 5. The third kappa shape index (κ3) is 25.3. The van der Waals surface area contributed by atoms with Crippen molar-refractivity contribution in [3.63, 3.8) is 0 Å². The van der Waals surface area contributed by atoms with Gasteiger partial charge in [0.1, 0.15) is 48.8 Å². The summed E-state index contributed by atoms with van der Waals surface area (Å²) in [5, 5.41) is 50.8. The topological polar surface area (TPSA) is 514 Å². The lowest BCUT2D eigenvalue weighted by Crippen LogP contribution is -2.63. The molecule has 0 bridgehead atoms. The summed E-state index contributed by atoms with van der Waals surface area (Å²) in [6.45, 7) is 7.78. The highest BCUT2D eigenvalue weighted by molar-refractivity contribution is 5.98. The zero-order chi connectivity index (χ0) is 61.6. The zero-order valence-corrected chi connectivity index (χ0v) is 47.2. The van der Waals surface area contributed by atoms with E-state index in [2.05, 4.69) is 62.5 Å². The molecule has 1 heterocycles. The maximum atomic E-state index is 14.2. The first-order chi connectivity index (χ1) is 38.7. The monoisotopic (exact) mass is 1160 g/mol. The van der Waals surface area contributed by atoms with Gasteiger partial charge in [-0.3, -0.25) is 57.9 Å². The number of carbonyl (C=O) groups is 10. The smallest absolute Gasteiger partial charge is 0.323 e. The molecule has 0 fully saturated rings. The third-order valence-corrected chi connectivity index (χ3v) is 12.6. The van der Waals surface area contributed by atoms with E-state index in [0.717, 1.165) is 18.7 Å². The van der Waals surface area contributed by atoms with E-state index in [9.17, 15) is 63.3 Å². The number of imidazole rings is 1. The Balaban J connectivity index is 2.31. The normalized spacial score (nSPS) is 15.0. The fourth-order valence-electron chi connectivity index (χ4n) is 7.93. The standard InChI is InChI=1S/C51H84N18O13/c1-7-20-69(25-38(73)74)49(82)39(27(3)8-2)66-44(77)34(17-13-19-59-51(55)56)63-37(72)24-60-47(80)40(29(5)70)68-48(81)41(30(6)71)67-46(79)36(22-32-23-57-26-61-32)65-45(78)35(21-31-14-10-9-11-15-31)64-42(75)28(4)62-43(76)33(52)16-12-18-58-50(53)54/h9-11,14-15,23,26-30,33-36,39-41,70-71H,7-8,12-13,16-22,24-25,52H2,1-6H3,(H,57,61)(H,60,80)(H,62,76)(H,63,72)(H,64,75)(H,65,78)(H,66,77)(H,67,79)(H,68,81)(H,73,74)(H4,53,54,58)(H4,55,56,59)/t27?,28-,29+,30+,33-,34+,35+,36-,39-,40-,41-/m0/s1. The lowest BCUT2D eigenvalue weighted by molar-refractivity contribution is -0.146. The molecule has 1 aromatic carbocycles. The van der Waals surface area contributed by atoms with Crippen LogP contribution in [0, 0.1) is 5.92 Å². The molecule has 11 atom stereocenters. The van der Waals surface area contributed by atoms with E-state index in [4.69, 9.17) is 28.7 Å². The quantitative estimate of drug-likeness (QED) is 0.0170. The van der Waals surface area contributed by atoms with Crippen LogP contribution in [-0.4, -0.2) is 195 Å². The number of aromatic amines is 1. The van der Waals surface area contributed by atoms with E-state index in [0.29, 0.717) is 30.5 Å². The van der Waals surface area contributed by atoms with Gasteiger partial charge in [-0.1, -0.05) is 57.5 Å². The average Bonchev–Trinajstić information content (AvgIpc) is 3.96. The Morgan fingerprint density at radius 1 is 0.646 bits per heavy atom. The van der Waals surface area contributed by atoms with E-state index in [-0.39, 0.29) is 63.7 Å². The van der Waals surface area contributed by atoms with E-state index in [1.54, 1.807) is 51.1 Å². The number of carboxylic acid groups (broad SMARTS) is 1. The van der Waals surface area contributed by atoms with Gasteiger partial charge in [-0.25, -0.2) is 4.98 Å². The second kappa shape index (κ2) is 36.0. The first kappa shape index (κ1) is 69.7. The summed E-state index contributed by atoms with van der Waals surface area (Å²) in [5.41, 5.74) is 28.5. The molecule has 0 aliphatic carbocycles. The Bertz CT molecular complexity index is 2470. The number of aliphatic carboxylic acids is 1. The zero-order valence-electron chi connectivity index (χ0n) is 47.2. The van der Waals surface area contributed by atoms with E-state index < -0.39 is 139 Å². The molecule has 1 unspecified atom stereocenters. The van der Waals surface area contributed by atoms with Gasteiger partial charge >= 0.3 is 5.97 Å². The minimum Gasteiger partial charge on any atom is -0.480 e. The Kier molecular flexibility index (Phi) is 30.6. The number of H-pyrrole nitrogens is 1. The maximum absolute atomic E-state index is 14.2. The summed E-state index contributed by atoms with van der Waals surface area (Å²) in [4.78, 5) is 150. The molecule has 31 nitrogen and oxygen atoms in total. The highest BCUT2D eigenvalue weighted by Crippen LogP contribution is 2.14. The number of carbonyl (C=O) groups excluding carboxylic acids is 9. The number of rotatable bonds is 37. The predicted molar refractivity (Wildman–Crippen MR) is 300 cm³/mol. The number of aliphatic hydroxyl groups excluding tert-OH is 2. The molecule has 82 heavy (non-hydrogen) atoms. The van der Waals surface area contributed by atoms with Crippen LogP contribution in [0.25, 0.3) is 0 Å². The van der Waals surface area contributed by atoms with Crippen LogP contribution < -0.4 is 71.2 Å². The van der Waals surface area contributed by atoms with Crippen LogP contribution in [0.15, 0.2) is 52.8 Å². The number of nitrogens with one attached hydrogen (secondary N) is 9. The van der Waals surface area contributed by atoms with Crippen molar-refractivity contribution in [2.24, 2.45) is 44.6 Å². The van der Waals surface area contributed by atoms with Crippen LogP contribution >= 0.6 is 0 Å². The summed E-state index contributed by atoms with van der Waals surface area (Å²) >= 11 is 0. The molecule has 0 saturated carbocycles. The molecule has 9 amide bonds. The second-order valence-electron chi connectivity index (χ2n) is 19.6. The van der Waals surface area contributed by atoms with Crippen molar-refractivity contribution >= 4 is 71.1 Å². The molecule has 22 N–H and O–H groups in total. The SMILES string of the molecule is CCCN(CC(=O)O)C(=O)[C@@H](NC(=O)[C@@H](CCCN=C(N)N)NC(=O)CNC(=O)[C@@H](NC(=O)[C@@H](NC(=O)[C@H](Cc1cnc[nH]1)NC(=O)[C@@H](Cc1ccccc1)NC(=O)[C@H](C)NC(=O)[C@@H](N)CCCN=C(N)N)[C@@H](C)O)[C@@H](C)O)C(C)CC. The molecule has 0 radical (unpaired) electrons. The summed E-state index contributed by atoms with van der Waals surface area (Å²) in [6.07, 6.45) is 0.425. The lowest BCUT2D eigenvalue weighted by Gasteiger charge is -2.31. The van der Waals surface area contributed by atoms with E-state index >= 15 is 0 Å². The second-order valence-corrected chi connectivity index (χ2v) is 19.6. The number of aliphatic hydroxyl groups is 2. The minimum atomic E-state index is -1.85. The van der Waals surface area contributed by atoms with Crippen LogP contribution in [0.1, 0.15) is 91.3 Å². The summed E-state index contributed by atoms with van der Waals surface area (Å²) < 4.78 is 0. The first-order valence-corrected chi connectivity index (χ1v) is 26.8. The molecule has 2 rings (SSSR count). The van der Waals surface area contributed by atoms with Crippen LogP contribution in [0.3, 0.4) is 0 Å².